The number of para-hydroxylation sites is 1. The number of rotatable bonds is 3. The lowest BCUT2D eigenvalue weighted by Crippen LogP contribution is -2.24. The number of nitrogens with one attached hydrogen (secondary N) is 1. The lowest BCUT2D eigenvalue weighted by Gasteiger charge is -2.35. The van der Waals surface area contributed by atoms with Crippen LogP contribution in [-0.2, 0) is 11.8 Å². The summed E-state index contributed by atoms with van der Waals surface area (Å²) in [5.41, 5.74) is 0.853. The van der Waals surface area contributed by atoms with Gasteiger partial charge in [0.15, 0.2) is 0 Å². The quantitative estimate of drug-likeness (QED) is 0.661. The predicted molar refractivity (Wildman–Crippen MR) is 78.3 cm³/mol. The van der Waals surface area contributed by atoms with E-state index in [1.54, 1.807) is 18.8 Å². The first kappa shape index (κ1) is 14.6. The molecule has 0 unspecified atom stereocenters. The van der Waals surface area contributed by atoms with E-state index in [1.165, 1.54) is 0 Å². The zero-order valence-corrected chi connectivity index (χ0v) is 12.8. The van der Waals surface area contributed by atoms with E-state index < -0.39 is 9.87 Å². The monoisotopic (exact) mass is 316 g/mol. The highest BCUT2D eigenvalue weighted by Gasteiger charge is 2.41. The van der Waals surface area contributed by atoms with Crippen molar-refractivity contribution in [1.29, 1.82) is 0 Å². The minimum Gasteiger partial charge on any atom is -0.343 e. The smallest absolute Gasteiger partial charge is 0.248 e. The summed E-state index contributed by atoms with van der Waals surface area (Å²) in [4.78, 5) is 0. The molecule has 16 heavy (non-hydrogen) atoms. The highest BCUT2D eigenvalue weighted by molar-refractivity contribution is 8.16. The third kappa shape index (κ3) is 3.25. The van der Waals surface area contributed by atoms with E-state index in [1.807, 2.05) is 30.3 Å². The van der Waals surface area contributed by atoms with Gasteiger partial charge in [-0.15, -0.1) is 0 Å². The molecule has 1 N–H and O–H groups in total. The first-order valence-corrected chi connectivity index (χ1v) is 8.34. The van der Waals surface area contributed by atoms with Gasteiger partial charge in [0.1, 0.15) is 6.34 Å². The Labute approximate surface area is 116 Å². The van der Waals surface area contributed by atoms with Crippen LogP contribution in [0.25, 0.3) is 0 Å². The van der Waals surface area contributed by atoms with Crippen LogP contribution in [0.15, 0.2) is 30.3 Å². The molecule has 0 saturated heterocycles. The van der Waals surface area contributed by atoms with Gasteiger partial charge in [-0.3, -0.25) is 4.67 Å². The zero-order chi connectivity index (χ0) is 12.4. The lowest BCUT2D eigenvalue weighted by atomic mass is 10.3. The summed E-state index contributed by atoms with van der Waals surface area (Å²) in [6.45, 7) is 0. The second-order valence-electron chi connectivity index (χ2n) is 3.37. The summed E-state index contributed by atoms with van der Waals surface area (Å²) < 4.78 is 0.254. The van der Waals surface area contributed by atoms with Gasteiger partial charge in [-0.2, -0.15) is 0 Å². The Morgan fingerprint density at radius 2 is 1.69 bits per heavy atom. The summed E-state index contributed by atoms with van der Waals surface area (Å²) in [6.07, 6.45) is -2.48. The fourth-order valence-corrected chi connectivity index (χ4v) is 4.41. The number of alkyl halides is 3. The van der Waals surface area contributed by atoms with Gasteiger partial charge < -0.3 is 5.09 Å². The van der Waals surface area contributed by atoms with E-state index in [9.17, 15) is 0 Å². The molecule has 0 aliphatic carbocycles. The topological polar surface area (TPSA) is 15.3 Å². The molecular weight excluding hydrogens is 306 g/mol. The molecule has 1 rings (SSSR count). The van der Waals surface area contributed by atoms with Gasteiger partial charge >= 0.3 is 0 Å². The van der Waals surface area contributed by atoms with Crippen LogP contribution >= 0.6 is 41.1 Å². The Kier molecular flexibility index (Phi) is 4.94. The SMILES string of the molecule is CN(C)[P@](=S)(Nc1ccccc1)C(Cl)(Cl)Cl. The molecule has 0 bridgehead atoms. The maximum absolute atomic E-state index is 5.96. The lowest BCUT2D eigenvalue weighted by molar-refractivity contribution is 0.676. The molecule has 0 amide bonds. The van der Waals surface area contributed by atoms with Crippen molar-refractivity contribution in [2.24, 2.45) is 0 Å². The molecule has 2 nitrogen and oxygen atoms in total. The second kappa shape index (κ2) is 5.43. The summed E-state index contributed by atoms with van der Waals surface area (Å²) in [5.74, 6) is 0. The fraction of sp³-hybridized carbons (Fsp3) is 0.333. The van der Waals surface area contributed by atoms with E-state index in [0.717, 1.165) is 5.69 Å². The first-order valence-electron chi connectivity index (χ1n) is 4.45. The molecule has 0 aliphatic rings. The van der Waals surface area contributed by atoms with E-state index in [4.69, 9.17) is 46.6 Å². The maximum Gasteiger partial charge on any atom is 0.248 e. The van der Waals surface area contributed by atoms with Crippen LogP contribution in [0.3, 0.4) is 0 Å². The third-order valence-electron chi connectivity index (χ3n) is 1.96. The highest BCUT2D eigenvalue weighted by atomic mass is 35.6. The molecule has 0 heterocycles. The van der Waals surface area contributed by atoms with E-state index >= 15 is 0 Å². The molecular formula is C9H12Cl3N2PS. The van der Waals surface area contributed by atoms with Crippen LogP contribution in [0.4, 0.5) is 5.69 Å². The van der Waals surface area contributed by atoms with Crippen molar-refractivity contribution in [3.05, 3.63) is 30.3 Å². The van der Waals surface area contributed by atoms with Crippen molar-refractivity contribution in [3.8, 4) is 0 Å². The number of hydrogen-bond donors (Lipinski definition) is 1. The third-order valence-corrected chi connectivity index (χ3v) is 9.52. The molecule has 1 aromatic rings. The van der Waals surface area contributed by atoms with E-state index in [-0.39, 0.29) is 0 Å². The molecule has 0 radical (unpaired) electrons. The van der Waals surface area contributed by atoms with Crippen LogP contribution in [0.1, 0.15) is 0 Å². The number of hydrogen-bond acceptors (Lipinski definition) is 1. The molecule has 0 saturated carbocycles. The van der Waals surface area contributed by atoms with E-state index in [0.29, 0.717) is 0 Å². The van der Waals surface area contributed by atoms with Crippen molar-refractivity contribution < 1.29 is 0 Å². The number of halogens is 3. The Hall–Kier alpha value is 0.500. The van der Waals surface area contributed by atoms with Gasteiger partial charge in [-0.25, -0.2) is 0 Å². The normalized spacial score (nSPS) is 15.9. The van der Waals surface area contributed by atoms with Crippen LogP contribution in [-0.4, -0.2) is 22.3 Å². The van der Waals surface area contributed by atoms with Crippen LogP contribution in [0.5, 0.6) is 0 Å². The van der Waals surface area contributed by atoms with Gasteiger partial charge in [0, 0.05) is 5.69 Å². The molecule has 0 fully saturated rings. The van der Waals surface area contributed by atoms with Crippen LogP contribution in [0.2, 0.25) is 0 Å². The number of anilines is 1. The molecule has 1 aromatic carbocycles. The van der Waals surface area contributed by atoms with Crippen LogP contribution in [0, 0.1) is 0 Å². The standard InChI is InChI=1S/C9H12Cl3N2PS/c1-14(2)15(16,9(10,11)12)13-8-6-4-3-5-7-8/h3-7H,1-2H3,(H,13,16)/t15-/m1/s1. The van der Waals surface area contributed by atoms with Crippen molar-refractivity contribution in [2.75, 3.05) is 19.2 Å². The van der Waals surface area contributed by atoms with Gasteiger partial charge in [0.05, 0.1) is 0 Å². The Balaban J connectivity index is 3.03. The summed E-state index contributed by atoms with van der Waals surface area (Å²) in [6, 6.07) is 9.49. The average Bonchev–Trinajstić information content (AvgIpc) is 2.17. The highest BCUT2D eigenvalue weighted by Crippen LogP contribution is 2.65. The van der Waals surface area contributed by atoms with Gasteiger partial charge in [0.2, 0.25) is 3.53 Å². The Bertz CT molecular complexity index is 391. The molecule has 0 aliphatic heterocycles. The van der Waals surface area contributed by atoms with Crippen molar-refractivity contribution in [2.45, 2.75) is 3.53 Å². The van der Waals surface area contributed by atoms with Gasteiger partial charge in [0.25, 0.3) is 0 Å². The fourth-order valence-electron chi connectivity index (χ4n) is 1.08. The van der Waals surface area contributed by atoms with Gasteiger partial charge in [-0.05, 0) is 26.2 Å². The summed E-state index contributed by atoms with van der Waals surface area (Å²) in [5, 5.41) is 3.15. The number of benzene rings is 1. The van der Waals surface area contributed by atoms with Gasteiger partial charge in [-0.1, -0.05) is 64.8 Å². The Morgan fingerprint density at radius 3 is 2.06 bits per heavy atom. The van der Waals surface area contributed by atoms with Crippen molar-refractivity contribution >= 4 is 58.6 Å². The van der Waals surface area contributed by atoms with E-state index in [2.05, 4.69) is 5.09 Å². The summed E-state index contributed by atoms with van der Waals surface area (Å²) >= 11 is 23.3. The number of nitrogens with zero attached hydrogens (tertiary/aromatic N) is 1. The Morgan fingerprint density at radius 1 is 1.19 bits per heavy atom. The first-order chi connectivity index (χ1) is 7.27. The average molecular weight is 318 g/mol. The predicted octanol–water partition coefficient (Wildman–Crippen LogP) is 4.30. The molecule has 7 heteroatoms. The second-order valence-corrected chi connectivity index (χ2v) is 10.9. The van der Waals surface area contributed by atoms with Crippen LogP contribution < -0.4 is 5.09 Å². The van der Waals surface area contributed by atoms with Crippen molar-refractivity contribution in [1.82, 2.24) is 4.67 Å². The van der Waals surface area contributed by atoms with Crippen molar-refractivity contribution in [3.63, 3.8) is 0 Å². The zero-order valence-electron chi connectivity index (χ0n) is 8.82. The minimum absolute atomic E-state index is 0.853. The maximum atomic E-state index is 5.96. The molecule has 0 aromatic heterocycles. The molecule has 90 valence electrons. The molecule has 1 atom stereocenters. The molecule has 0 spiro atoms. The minimum atomic E-state index is -2.48. The largest absolute Gasteiger partial charge is 0.343 e. The summed E-state index contributed by atoms with van der Waals surface area (Å²) in [7, 11) is 3.61.